The predicted octanol–water partition coefficient (Wildman–Crippen LogP) is 4.72. The van der Waals surface area contributed by atoms with Crippen molar-refractivity contribution < 1.29 is 4.79 Å². The number of rotatable bonds is 4. The van der Waals surface area contributed by atoms with E-state index < -0.39 is 0 Å². The molecule has 1 atom stereocenters. The minimum Gasteiger partial charge on any atom is -0.320 e. The van der Waals surface area contributed by atoms with E-state index in [0.717, 1.165) is 15.6 Å². The molecule has 5 heteroatoms. The van der Waals surface area contributed by atoms with Gasteiger partial charge in [-0.15, -0.1) is 11.8 Å². The molecule has 3 nitrogen and oxygen atoms in total. The highest BCUT2D eigenvalue weighted by Gasteiger charge is 2.29. The Hall–Kier alpha value is -2.03. The van der Waals surface area contributed by atoms with Gasteiger partial charge >= 0.3 is 0 Å². The number of carbonyl (C=O) groups is 1. The van der Waals surface area contributed by atoms with Crippen molar-refractivity contribution in [3.8, 4) is 6.07 Å². The Labute approximate surface area is 153 Å². The van der Waals surface area contributed by atoms with E-state index in [-0.39, 0.29) is 11.8 Å². The number of hydrogen-bond donors (Lipinski definition) is 1. The summed E-state index contributed by atoms with van der Waals surface area (Å²) in [6.07, 6.45) is 0.315. The van der Waals surface area contributed by atoms with Crippen LogP contribution < -0.4 is 5.32 Å². The number of thioether (sulfide) groups is 1. The number of allylic oxidation sites excluding steroid dienone is 1. The van der Waals surface area contributed by atoms with Crippen LogP contribution in [-0.2, 0) is 10.5 Å². The van der Waals surface area contributed by atoms with Gasteiger partial charge in [0.25, 0.3) is 0 Å². The van der Waals surface area contributed by atoms with Crippen LogP contribution in [0.2, 0.25) is 0 Å². The molecule has 0 aromatic heterocycles. The smallest absolute Gasteiger partial charge is 0.225 e. The maximum atomic E-state index is 12.1. The van der Waals surface area contributed by atoms with Crippen LogP contribution in [0.4, 0.5) is 0 Å². The number of carbonyl (C=O) groups excluding carboxylic acids is 1. The van der Waals surface area contributed by atoms with Crippen molar-refractivity contribution in [2.24, 2.45) is 0 Å². The Morgan fingerprint density at radius 2 is 1.88 bits per heavy atom. The van der Waals surface area contributed by atoms with Gasteiger partial charge < -0.3 is 5.32 Å². The SMILES string of the molecule is N#CC1=C(SCc2ccc(Br)cc2)NC(=O)C[C@@H]1c1ccccc1. The number of nitrogens with one attached hydrogen (secondary N) is 1. The molecule has 0 radical (unpaired) electrons. The summed E-state index contributed by atoms with van der Waals surface area (Å²) < 4.78 is 1.03. The molecule has 0 bridgehead atoms. The molecular weight excluding hydrogens is 384 g/mol. The maximum Gasteiger partial charge on any atom is 0.225 e. The number of nitriles is 1. The highest BCUT2D eigenvalue weighted by Crippen LogP contribution is 2.36. The van der Waals surface area contributed by atoms with E-state index in [9.17, 15) is 10.1 Å². The third-order valence-electron chi connectivity index (χ3n) is 3.85. The molecule has 1 amide bonds. The lowest BCUT2D eigenvalue weighted by molar-refractivity contribution is -0.120. The van der Waals surface area contributed by atoms with Gasteiger partial charge in [0.2, 0.25) is 5.91 Å². The zero-order chi connectivity index (χ0) is 16.9. The van der Waals surface area contributed by atoms with E-state index in [2.05, 4.69) is 27.3 Å². The average molecular weight is 399 g/mol. The molecule has 1 heterocycles. The van der Waals surface area contributed by atoms with Crippen molar-refractivity contribution in [3.05, 3.63) is 80.8 Å². The van der Waals surface area contributed by atoms with E-state index in [4.69, 9.17) is 0 Å². The number of benzene rings is 2. The van der Waals surface area contributed by atoms with Crippen molar-refractivity contribution in [1.82, 2.24) is 5.32 Å². The largest absolute Gasteiger partial charge is 0.320 e. The lowest BCUT2D eigenvalue weighted by Gasteiger charge is -2.25. The predicted molar refractivity (Wildman–Crippen MR) is 100 cm³/mol. The molecule has 0 aliphatic carbocycles. The quantitative estimate of drug-likeness (QED) is 0.810. The van der Waals surface area contributed by atoms with Crippen LogP contribution in [0.1, 0.15) is 23.5 Å². The number of amides is 1. The Kier molecular flexibility index (Phi) is 5.39. The van der Waals surface area contributed by atoms with Gasteiger partial charge in [-0.2, -0.15) is 5.26 Å². The summed E-state index contributed by atoms with van der Waals surface area (Å²) in [5.74, 6) is 0.494. The topological polar surface area (TPSA) is 52.9 Å². The monoisotopic (exact) mass is 398 g/mol. The molecule has 3 rings (SSSR count). The second kappa shape index (κ2) is 7.69. The van der Waals surface area contributed by atoms with Crippen molar-refractivity contribution in [2.75, 3.05) is 0 Å². The van der Waals surface area contributed by atoms with Gasteiger partial charge in [0, 0.05) is 22.6 Å². The van der Waals surface area contributed by atoms with Crippen LogP contribution in [0.5, 0.6) is 0 Å². The van der Waals surface area contributed by atoms with Crippen LogP contribution in [-0.4, -0.2) is 5.91 Å². The summed E-state index contributed by atoms with van der Waals surface area (Å²) >= 11 is 4.92. The third-order valence-corrected chi connectivity index (χ3v) is 5.47. The summed E-state index contributed by atoms with van der Waals surface area (Å²) in [6, 6.07) is 20.1. The van der Waals surface area contributed by atoms with Crippen LogP contribution >= 0.6 is 27.7 Å². The van der Waals surface area contributed by atoms with E-state index >= 15 is 0 Å². The molecule has 0 saturated carbocycles. The average Bonchev–Trinajstić information content (AvgIpc) is 2.61. The fourth-order valence-electron chi connectivity index (χ4n) is 2.64. The zero-order valence-corrected chi connectivity index (χ0v) is 15.2. The van der Waals surface area contributed by atoms with E-state index in [1.165, 1.54) is 11.8 Å². The molecule has 0 saturated heterocycles. The lowest BCUT2D eigenvalue weighted by Crippen LogP contribution is -2.30. The van der Waals surface area contributed by atoms with Crippen molar-refractivity contribution >= 4 is 33.6 Å². The molecule has 2 aromatic carbocycles. The Bertz CT molecular complexity index is 810. The molecule has 0 unspecified atom stereocenters. The molecular formula is C19H15BrN2OS. The van der Waals surface area contributed by atoms with Crippen molar-refractivity contribution in [3.63, 3.8) is 0 Å². The summed E-state index contributed by atoms with van der Waals surface area (Å²) in [7, 11) is 0. The Morgan fingerprint density at radius 1 is 1.17 bits per heavy atom. The van der Waals surface area contributed by atoms with Crippen LogP contribution in [0.3, 0.4) is 0 Å². The van der Waals surface area contributed by atoms with Crippen molar-refractivity contribution in [2.45, 2.75) is 18.1 Å². The molecule has 24 heavy (non-hydrogen) atoms. The minimum atomic E-state index is -0.169. The normalized spacial score (nSPS) is 17.3. The molecule has 1 N–H and O–H groups in total. The van der Waals surface area contributed by atoms with E-state index in [1.54, 1.807) is 0 Å². The molecule has 0 fully saturated rings. The molecule has 1 aliphatic rings. The zero-order valence-electron chi connectivity index (χ0n) is 12.8. The van der Waals surface area contributed by atoms with Gasteiger partial charge in [-0.25, -0.2) is 0 Å². The van der Waals surface area contributed by atoms with Gasteiger partial charge in [0.05, 0.1) is 16.7 Å². The summed E-state index contributed by atoms with van der Waals surface area (Å²) in [4.78, 5) is 12.1. The Balaban J connectivity index is 1.85. The summed E-state index contributed by atoms with van der Waals surface area (Å²) in [6.45, 7) is 0. The first kappa shape index (κ1) is 16.8. The lowest BCUT2D eigenvalue weighted by atomic mass is 9.87. The van der Waals surface area contributed by atoms with Crippen molar-refractivity contribution in [1.29, 1.82) is 5.26 Å². The van der Waals surface area contributed by atoms with Gasteiger partial charge in [-0.1, -0.05) is 58.4 Å². The molecule has 1 aliphatic heterocycles. The standard InChI is InChI=1S/C19H15BrN2OS/c20-15-8-6-13(7-9-15)12-24-19-17(11-21)16(10-18(23)22-19)14-4-2-1-3-5-14/h1-9,16H,10,12H2,(H,22,23)/t16-/m1/s1. The Morgan fingerprint density at radius 3 is 2.54 bits per heavy atom. The number of halogens is 1. The maximum absolute atomic E-state index is 12.1. The molecule has 0 spiro atoms. The van der Waals surface area contributed by atoms with E-state index in [1.807, 2.05) is 54.6 Å². The second-order valence-corrected chi connectivity index (χ2v) is 7.39. The first-order valence-electron chi connectivity index (χ1n) is 7.53. The summed E-state index contributed by atoms with van der Waals surface area (Å²) in [5, 5.41) is 13.2. The van der Waals surface area contributed by atoms with Gasteiger partial charge in [-0.3, -0.25) is 4.79 Å². The van der Waals surface area contributed by atoms with Gasteiger partial charge in [-0.05, 0) is 23.3 Å². The fraction of sp³-hybridized carbons (Fsp3) is 0.158. The third kappa shape index (κ3) is 3.89. The van der Waals surface area contributed by atoms with Gasteiger partial charge in [0.1, 0.15) is 0 Å². The summed E-state index contributed by atoms with van der Waals surface area (Å²) in [5.41, 5.74) is 2.79. The highest BCUT2D eigenvalue weighted by molar-refractivity contribution is 9.10. The van der Waals surface area contributed by atoms with Crippen LogP contribution in [0, 0.1) is 11.3 Å². The number of hydrogen-bond acceptors (Lipinski definition) is 3. The first-order chi connectivity index (χ1) is 11.7. The first-order valence-corrected chi connectivity index (χ1v) is 9.31. The van der Waals surface area contributed by atoms with Gasteiger partial charge in [0.15, 0.2) is 0 Å². The molecule has 120 valence electrons. The second-order valence-electron chi connectivity index (χ2n) is 5.49. The van der Waals surface area contributed by atoms with Crippen LogP contribution in [0.15, 0.2) is 69.7 Å². The molecule has 2 aromatic rings. The minimum absolute atomic E-state index is 0.0406. The number of nitrogens with zero attached hydrogens (tertiary/aromatic N) is 1. The highest BCUT2D eigenvalue weighted by atomic mass is 79.9. The fourth-order valence-corrected chi connectivity index (χ4v) is 3.94. The van der Waals surface area contributed by atoms with E-state index in [0.29, 0.717) is 22.8 Å². The van der Waals surface area contributed by atoms with Crippen LogP contribution in [0.25, 0.3) is 0 Å².